The summed E-state index contributed by atoms with van der Waals surface area (Å²) in [5.74, 6) is 0.359. The minimum Gasteiger partial charge on any atom is -0.313 e. The Morgan fingerprint density at radius 2 is 2.13 bits per heavy atom. The van der Waals surface area contributed by atoms with Gasteiger partial charge in [-0.1, -0.05) is 37.6 Å². The highest BCUT2D eigenvalue weighted by molar-refractivity contribution is 6.30. The number of nitrogens with one attached hydrogen (secondary N) is 1. The molecular weight excluding hydrogens is 213 g/mol. The molecule has 84 valence electrons. The van der Waals surface area contributed by atoms with Gasteiger partial charge in [-0.3, -0.25) is 0 Å². The van der Waals surface area contributed by atoms with Gasteiger partial charge in [-0.05, 0) is 24.9 Å². The van der Waals surface area contributed by atoms with Gasteiger partial charge in [0.2, 0.25) is 0 Å². The van der Waals surface area contributed by atoms with Gasteiger partial charge in [-0.2, -0.15) is 0 Å². The van der Waals surface area contributed by atoms with E-state index in [1.165, 1.54) is 0 Å². The van der Waals surface area contributed by atoms with E-state index in [-0.39, 0.29) is 10.8 Å². The Hall–Kier alpha value is -0.600. The normalized spacial score (nSPS) is 11.0. The molecule has 0 amide bonds. The van der Waals surface area contributed by atoms with Crippen LogP contribution in [0.2, 0.25) is 5.02 Å². The molecule has 1 rings (SSSR count). The summed E-state index contributed by atoms with van der Waals surface area (Å²) in [6, 6.07) is 5.09. The summed E-state index contributed by atoms with van der Waals surface area (Å²) in [6.07, 6.45) is 1.10. The molecule has 0 bridgehead atoms. The van der Waals surface area contributed by atoms with Crippen molar-refractivity contribution < 1.29 is 4.39 Å². The van der Waals surface area contributed by atoms with Crippen molar-refractivity contribution >= 4 is 11.6 Å². The topological polar surface area (TPSA) is 12.0 Å². The maximum Gasteiger partial charge on any atom is 0.146 e. The first-order chi connectivity index (χ1) is 7.11. The van der Waals surface area contributed by atoms with Crippen LogP contribution in [0.25, 0.3) is 0 Å². The van der Waals surface area contributed by atoms with E-state index in [1.54, 1.807) is 18.2 Å². The minimum absolute atomic E-state index is 0.193. The largest absolute Gasteiger partial charge is 0.313 e. The zero-order valence-corrected chi connectivity index (χ0v) is 9.94. The van der Waals surface area contributed by atoms with Crippen LogP contribution in [-0.4, -0.2) is 6.54 Å². The Kier molecular flexibility index (Phi) is 5.06. The summed E-state index contributed by atoms with van der Waals surface area (Å²) in [4.78, 5) is 0. The van der Waals surface area contributed by atoms with E-state index in [1.807, 2.05) is 0 Å². The van der Waals surface area contributed by atoms with Crippen LogP contribution in [0.5, 0.6) is 0 Å². The molecule has 0 fully saturated rings. The summed E-state index contributed by atoms with van der Waals surface area (Å²) in [5, 5.41) is 3.40. The molecule has 1 N–H and O–H groups in total. The van der Waals surface area contributed by atoms with E-state index >= 15 is 0 Å². The van der Waals surface area contributed by atoms with Crippen molar-refractivity contribution in [3.63, 3.8) is 0 Å². The van der Waals surface area contributed by atoms with Crippen LogP contribution in [0.3, 0.4) is 0 Å². The predicted molar refractivity (Wildman–Crippen MR) is 62.6 cm³/mol. The van der Waals surface area contributed by atoms with Gasteiger partial charge < -0.3 is 5.32 Å². The fourth-order valence-corrected chi connectivity index (χ4v) is 1.49. The van der Waals surface area contributed by atoms with E-state index in [9.17, 15) is 4.39 Å². The van der Waals surface area contributed by atoms with E-state index in [0.717, 1.165) is 13.0 Å². The smallest absolute Gasteiger partial charge is 0.146 e. The van der Waals surface area contributed by atoms with Crippen molar-refractivity contribution in [2.75, 3.05) is 6.54 Å². The maximum absolute atomic E-state index is 13.4. The summed E-state index contributed by atoms with van der Waals surface area (Å²) in [5.41, 5.74) is 0.631. The third-order valence-corrected chi connectivity index (χ3v) is 2.54. The third-order valence-electron chi connectivity index (χ3n) is 2.25. The number of rotatable bonds is 5. The Morgan fingerprint density at radius 1 is 1.40 bits per heavy atom. The van der Waals surface area contributed by atoms with Gasteiger partial charge in [-0.25, -0.2) is 4.39 Å². The van der Waals surface area contributed by atoms with Gasteiger partial charge in [0.25, 0.3) is 0 Å². The second-order valence-corrected chi connectivity index (χ2v) is 4.48. The molecule has 3 heteroatoms. The van der Waals surface area contributed by atoms with Crippen LogP contribution >= 0.6 is 11.6 Å². The average Bonchev–Trinajstić information content (AvgIpc) is 2.18. The Labute approximate surface area is 95.6 Å². The van der Waals surface area contributed by atoms with E-state index in [0.29, 0.717) is 18.0 Å². The van der Waals surface area contributed by atoms with Crippen LogP contribution < -0.4 is 5.32 Å². The Balaban J connectivity index is 2.41. The molecule has 0 aromatic heterocycles. The summed E-state index contributed by atoms with van der Waals surface area (Å²) < 4.78 is 13.4. The molecule has 0 aliphatic heterocycles. The second kappa shape index (κ2) is 6.09. The van der Waals surface area contributed by atoms with Crippen LogP contribution in [0.4, 0.5) is 4.39 Å². The predicted octanol–water partition coefficient (Wildman–Crippen LogP) is 3.61. The van der Waals surface area contributed by atoms with Gasteiger partial charge in [0.15, 0.2) is 0 Å². The van der Waals surface area contributed by atoms with Crippen molar-refractivity contribution in [1.82, 2.24) is 5.32 Å². The van der Waals surface area contributed by atoms with Gasteiger partial charge in [0, 0.05) is 12.1 Å². The van der Waals surface area contributed by atoms with Crippen molar-refractivity contribution in [3.05, 3.63) is 34.6 Å². The molecule has 0 aliphatic carbocycles. The Bertz CT molecular complexity index is 312. The lowest BCUT2D eigenvalue weighted by Gasteiger charge is -2.08. The molecule has 0 atom stereocenters. The van der Waals surface area contributed by atoms with Gasteiger partial charge in [0.1, 0.15) is 5.82 Å². The zero-order valence-electron chi connectivity index (χ0n) is 9.19. The first-order valence-corrected chi connectivity index (χ1v) is 5.62. The molecule has 0 saturated heterocycles. The molecule has 0 spiro atoms. The van der Waals surface area contributed by atoms with E-state index < -0.39 is 0 Å². The highest BCUT2D eigenvalue weighted by Gasteiger charge is 2.05. The van der Waals surface area contributed by atoms with Crippen molar-refractivity contribution in [1.29, 1.82) is 0 Å². The second-order valence-electron chi connectivity index (χ2n) is 4.07. The van der Waals surface area contributed by atoms with Crippen molar-refractivity contribution in [2.45, 2.75) is 26.8 Å². The van der Waals surface area contributed by atoms with E-state index in [4.69, 9.17) is 11.6 Å². The maximum atomic E-state index is 13.4. The average molecular weight is 230 g/mol. The highest BCUT2D eigenvalue weighted by Crippen LogP contribution is 2.17. The molecule has 1 aromatic carbocycles. The Morgan fingerprint density at radius 3 is 2.80 bits per heavy atom. The first-order valence-electron chi connectivity index (χ1n) is 5.25. The van der Waals surface area contributed by atoms with Crippen molar-refractivity contribution in [2.24, 2.45) is 5.92 Å². The van der Waals surface area contributed by atoms with Gasteiger partial charge >= 0.3 is 0 Å². The molecule has 1 aromatic rings. The quantitative estimate of drug-likeness (QED) is 0.761. The number of halogens is 2. The minimum atomic E-state index is -0.309. The highest BCUT2D eigenvalue weighted by atomic mass is 35.5. The molecule has 15 heavy (non-hydrogen) atoms. The molecule has 0 aliphatic rings. The van der Waals surface area contributed by atoms with Gasteiger partial charge in [0.05, 0.1) is 5.02 Å². The summed E-state index contributed by atoms with van der Waals surface area (Å²) in [7, 11) is 0. The third kappa shape index (κ3) is 4.18. The lowest BCUT2D eigenvalue weighted by atomic mass is 10.1. The fraction of sp³-hybridized carbons (Fsp3) is 0.500. The van der Waals surface area contributed by atoms with Crippen molar-refractivity contribution in [3.8, 4) is 0 Å². The van der Waals surface area contributed by atoms with Crippen LogP contribution in [-0.2, 0) is 6.54 Å². The molecule has 1 nitrogen and oxygen atoms in total. The number of hydrogen-bond donors (Lipinski definition) is 1. The zero-order chi connectivity index (χ0) is 11.3. The standard InChI is InChI=1S/C12H17ClFN/c1-9(2)6-7-15-8-10-4-3-5-11(13)12(10)14/h3-5,9,15H,6-8H2,1-2H3. The van der Waals surface area contributed by atoms with Crippen LogP contribution in [0.15, 0.2) is 18.2 Å². The van der Waals surface area contributed by atoms with Crippen LogP contribution in [0.1, 0.15) is 25.8 Å². The molecule has 0 saturated carbocycles. The SMILES string of the molecule is CC(C)CCNCc1cccc(Cl)c1F. The van der Waals surface area contributed by atoms with E-state index in [2.05, 4.69) is 19.2 Å². The van der Waals surface area contributed by atoms with Gasteiger partial charge in [-0.15, -0.1) is 0 Å². The van der Waals surface area contributed by atoms with Crippen LogP contribution in [0, 0.1) is 11.7 Å². The molecular formula is C12H17ClFN. The first kappa shape index (κ1) is 12.5. The molecule has 0 unspecified atom stereocenters. The monoisotopic (exact) mass is 229 g/mol. The number of hydrogen-bond acceptors (Lipinski definition) is 1. The lowest BCUT2D eigenvalue weighted by molar-refractivity contribution is 0.527. The molecule has 0 radical (unpaired) electrons. The molecule has 0 heterocycles. The fourth-order valence-electron chi connectivity index (χ4n) is 1.30. The lowest BCUT2D eigenvalue weighted by Crippen LogP contribution is -2.17. The summed E-state index contributed by atoms with van der Waals surface area (Å²) in [6.45, 7) is 5.78. The summed E-state index contributed by atoms with van der Waals surface area (Å²) >= 11 is 5.67. The number of benzene rings is 1.